The first-order valence-electron chi connectivity index (χ1n) is 8.98. The molecule has 0 atom stereocenters. The number of carbonyl (C=O) groups excluding carboxylic acids is 1. The maximum Gasteiger partial charge on any atom is 0.253 e. The molecule has 1 saturated carbocycles. The maximum atomic E-state index is 12.5. The van der Waals surface area contributed by atoms with Gasteiger partial charge in [-0.1, -0.05) is 19.3 Å². The van der Waals surface area contributed by atoms with Crippen LogP contribution in [0.1, 0.15) is 61.7 Å². The molecule has 0 unspecified atom stereocenters. The highest BCUT2D eigenvalue weighted by Gasteiger charge is 2.23. The van der Waals surface area contributed by atoms with Crippen LogP contribution in [0.15, 0.2) is 29.2 Å². The van der Waals surface area contributed by atoms with Gasteiger partial charge in [0.2, 0.25) is 10.0 Å². The van der Waals surface area contributed by atoms with Gasteiger partial charge < -0.3 is 4.90 Å². The zero-order valence-electron chi connectivity index (χ0n) is 14.0. The minimum absolute atomic E-state index is 0.00103. The van der Waals surface area contributed by atoms with Crippen molar-refractivity contribution in [3.63, 3.8) is 0 Å². The maximum absolute atomic E-state index is 12.5. The van der Waals surface area contributed by atoms with Gasteiger partial charge in [0, 0.05) is 24.7 Å². The summed E-state index contributed by atoms with van der Waals surface area (Å²) >= 11 is 0. The van der Waals surface area contributed by atoms with Gasteiger partial charge in [0.25, 0.3) is 5.91 Å². The van der Waals surface area contributed by atoms with Crippen LogP contribution in [0.5, 0.6) is 0 Å². The molecular weight excluding hydrogens is 324 g/mol. The molecule has 1 aliphatic carbocycles. The van der Waals surface area contributed by atoms with E-state index in [0.29, 0.717) is 5.56 Å². The number of carbonyl (C=O) groups is 1. The van der Waals surface area contributed by atoms with E-state index in [1.807, 2.05) is 4.90 Å². The van der Waals surface area contributed by atoms with Crippen LogP contribution in [0.25, 0.3) is 0 Å². The van der Waals surface area contributed by atoms with Crippen molar-refractivity contribution in [1.82, 2.24) is 9.62 Å². The molecule has 2 fully saturated rings. The van der Waals surface area contributed by atoms with Gasteiger partial charge in [0.1, 0.15) is 0 Å². The van der Waals surface area contributed by atoms with Gasteiger partial charge in [-0.2, -0.15) is 0 Å². The second-order valence-corrected chi connectivity index (χ2v) is 8.55. The van der Waals surface area contributed by atoms with Crippen molar-refractivity contribution in [2.45, 2.75) is 62.3 Å². The molecule has 0 spiro atoms. The molecule has 1 aromatic carbocycles. The highest BCUT2D eigenvalue weighted by Crippen LogP contribution is 2.20. The topological polar surface area (TPSA) is 66.5 Å². The molecular formula is C18H26N2O3S. The van der Waals surface area contributed by atoms with E-state index in [9.17, 15) is 13.2 Å². The Bertz CT molecular complexity index is 658. The van der Waals surface area contributed by atoms with Crippen LogP contribution in [-0.4, -0.2) is 38.4 Å². The number of nitrogens with zero attached hydrogens (tertiary/aromatic N) is 1. The lowest BCUT2D eigenvalue weighted by molar-refractivity contribution is 0.0724. The Balaban J connectivity index is 1.67. The van der Waals surface area contributed by atoms with Crippen LogP contribution in [0.3, 0.4) is 0 Å². The lowest BCUT2D eigenvalue weighted by Gasteiger charge is -2.26. The zero-order chi connectivity index (χ0) is 17.0. The lowest BCUT2D eigenvalue weighted by Crippen LogP contribution is -2.36. The average Bonchev–Trinajstić information content (AvgIpc) is 2.62. The summed E-state index contributed by atoms with van der Waals surface area (Å²) in [7, 11) is -3.50. The van der Waals surface area contributed by atoms with Gasteiger partial charge in [0.05, 0.1) is 4.90 Å². The summed E-state index contributed by atoms with van der Waals surface area (Å²) < 4.78 is 27.8. The van der Waals surface area contributed by atoms with E-state index in [1.54, 1.807) is 24.3 Å². The van der Waals surface area contributed by atoms with Crippen molar-refractivity contribution >= 4 is 15.9 Å². The number of hydrogen-bond donors (Lipinski definition) is 1. The van der Waals surface area contributed by atoms with E-state index in [-0.39, 0.29) is 16.8 Å². The van der Waals surface area contributed by atoms with Crippen molar-refractivity contribution in [3.05, 3.63) is 29.8 Å². The monoisotopic (exact) mass is 350 g/mol. The van der Waals surface area contributed by atoms with Crippen LogP contribution < -0.4 is 4.72 Å². The van der Waals surface area contributed by atoms with E-state index in [4.69, 9.17) is 0 Å². The summed E-state index contributed by atoms with van der Waals surface area (Å²) in [6.45, 7) is 1.59. The molecule has 1 heterocycles. The van der Waals surface area contributed by atoms with E-state index in [0.717, 1.165) is 51.6 Å². The predicted molar refractivity (Wildman–Crippen MR) is 93.4 cm³/mol. The molecule has 2 aliphatic rings. The molecule has 6 heteroatoms. The zero-order valence-corrected chi connectivity index (χ0v) is 14.9. The highest BCUT2D eigenvalue weighted by atomic mass is 32.2. The van der Waals surface area contributed by atoms with Crippen molar-refractivity contribution in [2.24, 2.45) is 0 Å². The van der Waals surface area contributed by atoms with Gasteiger partial charge in [-0.15, -0.1) is 0 Å². The van der Waals surface area contributed by atoms with E-state index < -0.39 is 10.0 Å². The molecule has 0 bridgehead atoms. The summed E-state index contributed by atoms with van der Waals surface area (Å²) in [5, 5.41) is 0. The summed E-state index contributed by atoms with van der Waals surface area (Å²) in [5.74, 6) is -0.00103. The minimum Gasteiger partial charge on any atom is -0.339 e. The first-order chi connectivity index (χ1) is 11.6. The minimum atomic E-state index is -3.50. The van der Waals surface area contributed by atoms with Crippen LogP contribution >= 0.6 is 0 Å². The molecule has 1 amide bonds. The molecule has 1 N–H and O–H groups in total. The van der Waals surface area contributed by atoms with Crippen LogP contribution in [0.4, 0.5) is 0 Å². The van der Waals surface area contributed by atoms with Crippen molar-refractivity contribution in [3.8, 4) is 0 Å². The Morgan fingerprint density at radius 1 is 0.917 bits per heavy atom. The Morgan fingerprint density at radius 2 is 1.50 bits per heavy atom. The SMILES string of the molecule is O=C(c1ccc(S(=O)(=O)NC2CCCCC2)cc1)N1CCCCC1. The fourth-order valence-electron chi connectivity index (χ4n) is 3.56. The number of nitrogens with one attached hydrogen (secondary N) is 1. The van der Waals surface area contributed by atoms with E-state index in [2.05, 4.69) is 4.72 Å². The third-order valence-electron chi connectivity index (χ3n) is 4.98. The average molecular weight is 350 g/mol. The fraction of sp³-hybridized carbons (Fsp3) is 0.611. The first-order valence-corrected chi connectivity index (χ1v) is 10.5. The molecule has 0 aromatic heterocycles. The standard InChI is InChI=1S/C18H26N2O3S/c21-18(20-13-5-2-6-14-20)15-9-11-17(12-10-15)24(22,23)19-16-7-3-1-4-8-16/h9-12,16,19H,1-8,13-14H2. The van der Waals surface area contributed by atoms with E-state index >= 15 is 0 Å². The van der Waals surface area contributed by atoms with Gasteiger partial charge in [-0.05, 0) is 56.4 Å². The molecule has 3 rings (SSSR count). The van der Waals surface area contributed by atoms with Gasteiger partial charge >= 0.3 is 0 Å². The van der Waals surface area contributed by atoms with Crippen molar-refractivity contribution < 1.29 is 13.2 Å². The molecule has 1 aliphatic heterocycles. The number of sulfonamides is 1. The Morgan fingerprint density at radius 3 is 2.12 bits per heavy atom. The van der Waals surface area contributed by atoms with Gasteiger partial charge in [-0.25, -0.2) is 13.1 Å². The van der Waals surface area contributed by atoms with E-state index in [1.165, 1.54) is 12.8 Å². The third-order valence-corrected chi connectivity index (χ3v) is 6.52. The number of piperidine rings is 1. The number of hydrogen-bond acceptors (Lipinski definition) is 3. The van der Waals surface area contributed by atoms with Crippen molar-refractivity contribution in [2.75, 3.05) is 13.1 Å². The number of likely N-dealkylation sites (tertiary alicyclic amines) is 1. The summed E-state index contributed by atoms with van der Waals surface area (Å²) in [4.78, 5) is 14.5. The number of benzene rings is 1. The Hall–Kier alpha value is -1.40. The quantitative estimate of drug-likeness (QED) is 0.908. The molecule has 0 radical (unpaired) electrons. The number of rotatable bonds is 4. The van der Waals surface area contributed by atoms with Crippen LogP contribution in [-0.2, 0) is 10.0 Å². The predicted octanol–water partition coefficient (Wildman–Crippen LogP) is 2.92. The normalized spacial score (nSPS) is 20.1. The van der Waals surface area contributed by atoms with Crippen molar-refractivity contribution in [1.29, 1.82) is 0 Å². The number of amides is 1. The highest BCUT2D eigenvalue weighted by molar-refractivity contribution is 7.89. The summed E-state index contributed by atoms with van der Waals surface area (Å²) in [5.41, 5.74) is 0.563. The third kappa shape index (κ3) is 4.16. The molecule has 24 heavy (non-hydrogen) atoms. The second-order valence-electron chi connectivity index (χ2n) is 6.83. The Labute approximate surface area is 144 Å². The van der Waals surface area contributed by atoms with Crippen LogP contribution in [0.2, 0.25) is 0 Å². The molecule has 5 nitrogen and oxygen atoms in total. The smallest absolute Gasteiger partial charge is 0.253 e. The fourth-order valence-corrected chi connectivity index (χ4v) is 4.87. The summed E-state index contributed by atoms with van der Waals surface area (Å²) in [6, 6.07) is 6.39. The Kier molecular flexibility index (Phi) is 5.56. The first kappa shape index (κ1) is 17.4. The summed E-state index contributed by atoms with van der Waals surface area (Å²) in [6.07, 6.45) is 8.43. The van der Waals surface area contributed by atoms with Gasteiger partial charge in [0.15, 0.2) is 0 Å². The van der Waals surface area contributed by atoms with Crippen LogP contribution in [0, 0.1) is 0 Å². The lowest BCUT2D eigenvalue weighted by atomic mass is 9.96. The molecule has 1 saturated heterocycles. The largest absolute Gasteiger partial charge is 0.339 e. The molecule has 1 aromatic rings. The van der Waals surface area contributed by atoms with Gasteiger partial charge in [-0.3, -0.25) is 4.79 Å². The second kappa shape index (κ2) is 7.66. The molecule has 132 valence electrons.